The molecule has 0 atom stereocenters. The second-order valence-electron chi connectivity index (χ2n) is 7.03. The summed E-state index contributed by atoms with van der Waals surface area (Å²) in [7, 11) is 1.63. The van der Waals surface area contributed by atoms with Crippen molar-refractivity contribution in [1.29, 1.82) is 0 Å². The molecule has 1 heterocycles. The van der Waals surface area contributed by atoms with E-state index in [1.54, 1.807) is 19.2 Å². The summed E-state index contributed by atoms with van der Waals surface area (Å²) in [6, 6.07) is 22.9. The number of carbonyl (C=O) groups excluding carboxylic acids is 1. The monoisotopic (exact) mass is 464 g/mol. The lowest BCUT2D eigenvalue weighted by Gasteiger charge is -2.12. The van der Waals surface area contributed by atoms with Gasteiger partial charge in [0.2, 0.25) is 5.91 Å². The zero-order valence-corrected chi connectivity index (χ0v) is 19.2. The molecule has 162 valence electrons. The molecule has 0 radical (unpaired) electrons. The molecular weight excluding hydrogens is 444 g/mol. The van der Waals surface area contributed by atoms with Crippen LogP contribution in [-0.4, -0.2) is 33.5 Å². The van der Waals surface area contributed by atoms with Crippen LogP contribution in [0.2, 0.25) is 5.02 Å². The van der Waals surface area contributed by atoms with Gasteiger partial charge >= 0.3 is 0 Å². The fraction of sp³-hybridized carbons (Fsp3) is 0.125. The number of benzene rings is 3. The number of rotatable bonds is 7. The molecule has 1 N–H and O–H groups in total. The Morgan fingerprint density at radius 1 is 1.06 bits per heavy atom. The molecular formula is C24H21ClN4O2S. The number of anilines is 1. The zero-order chi connectivity index (χ0) is 22.5. The number of amides is 1. The van der Waals surface area contributed by atoms with Gasteiger partial charge in [0.05, 0.1) is 29.3 Å². The molecule has 0 unspecified atom stereocenters. The summed E-state index contributed by atoms with van der Waals surface area (Å²) in [5, 5.41) is 12.7. The third-order valence-electron chi connectivity index (χ3n) is 4.73. The first kappa shape index (κ1) is 21.9. The number of thioether (sulfide) groups is 1. The SMILES string of the molecule is COc1cccc(-n2c(SCC(=O)Nc3ccccc3Cl)nnc2-c2ccc(C)cc2)c1. The number of methoxy groups -OCH3 is 1. The van der Waals surface area contributed by atoms with Gasteiger partial charge in [0.15, 0.2) is 11.0 Å². The van der Waals surface area contributed by atoms with Crippen molar-refractivity contribution in [2.45, 2.75) is 12.1 Å². The second kappa shape index (κ2) is 9.89. The molecule has 0 aliphatic heterocycles. The number of ether oxygens (including phenoxy) is 1. The number of carbonyl (C=O) groups is 1. The summed E-state index contributed by atoms with van der Waals surface area (Å²) in [6.45, 7) is 2.04. The van der Waals surface area contributed by atoms with Gasteiger partial charge in [-0.15, -0.1) is 10.2 Å². The van der Waals surface area contributed by atoms with Crippen LogP contribution in [0.3, 0.4) is 0 Å². The van der Waals surface area contributed by atoms with Gasteiger partial charge in [-0.1, -0.05) is 71.4 Å². The Bertz CT molecular complexity index is 1240. The van der Waals surface area contributed by atoms with Crippen molar-refractivity contribution >= 4 is 35.0 Å². The number of hydrogen-bond donors (Lipinski definition) is 1. The molecule has 1 aromatic heterocycles. The molecule has 0 aliphatic rings. The second-order valence-corrected chi connectivity index (χ2v) is 8.38. The van der Waals surface area contributed by atoms with Crippen LogP contribution in [-0.2, 0) is 4.79 Å². The highest BCUT2D eigenvalue weighted by Crippen LogP contribution is 2.30. The first-order valence-electron chi connectivity index (χ1n) is 9.89. The number of hydrogen-bond acceptors (Lipinski definition) is 5. The number of aromatic nitrogens is 3. The van der Waals surface area contributed by atoms with E-state index in [4.69, 9.17) is 16.3 Å². The lowest BCUT2D eigenvalue weighted by atomic mass is 10.1. The molecule has 0 fully saturated rings. The van der Waals surface area contributed by atoms with E-state index in [1.165, 1.54) is 11.8 Å². The third kappa shape index (κ3) is 4.95. The average Bonchev–Trinajstić information content (AvgIpc) is 3.24. The molecule has 6 nitrogen and oxygen atoms in total. The summed E-state index contributed by atoms with van der Waals surface area (Å²) >= 11 is 7.44. The maximum absolute atomic E-state index is 12.5. The summed E-state index contributed by atoms with van der Waals surface area (Å²) in [6.07, 6.45) is 0. The van der Waals surface area contributed by atoms with Crippen molar-refractivity contribution < 1.29 is 9.53 Å². The number of aryl methyl sites for hydroxylation is 1. The lowest BCUT2D eigenvalue weighted by Crippen LogP contribution is -2.14. The van der Waals surface area contributed by atoms with Crippen molar-refractivity contribution in [1.82, 2.24) is 14.8 Å². The topological polar surface area (TPSA) is 69.0 Å². The lowest BCUT2D eigenvalue weighted by molar-refractivity contribution is -0.113. The van der Waals surface area contributed by atoms with Crippen LogP contribution in [0.25, 0.3) is 17.1 Å². The van der Waals surface area contributed by atoms with Crippen LogP contribution < -0.4 is 10.1 Å². The Morgan fingerprint density at radius 3 is 2.59 bits per heavy atom. The number of para-hydroxylation sites is 1. The molecule has 3 aromatic carbocycles. The van der Waals surface area contributed by atoms with E-state index in [0.717, 1.165) is 22.6 Å². The highest BCUT2D eigenvalue weighted by molar-refractivity contribution is 7.99. The number of halogens is 1. The maximum atomic E-state index is 12.5. The largest absolute Gasteiger partial charge is 0.497 e. The quantitative estimate of drug-likeness (QED) is 0.359. The van der Waals surface area contributed by atoms with Crippen molar-refractivity contribution in [3.8, 4) is 22.8 Å². The summed E-state index contributed by atoms with van der Waals surface area (Å²) in [5.41, 5.74) is 3.51. The predicted molar refractivity (Wildman–Crippen MR) is 129 cm³/mol. The molecule has 0 saturated carbocycles. The van der Waals surface area contributed by atoms with Crippen LogP contribution in [0.15, 0.2) is 78.0 Å². The van der Waals surface area contributed by atoms with Gasteiger partial charge in [-0.3, -0.25) is 9.36 Å². The van der Waals surface area contributed by atoms with Gasteiger partial charge < -0.3 is 10.1 Å². The number of nitrogens with one attached hydrogen (secondary N) is 1. The van der Waals surface area contributed by atoms with E-state index in [2.05, 4.69) is 15.5 Å². The van der Waals surface area contributed by atoms with E-state index in [9.17, 15) is 4.79 Å². The Balaban J connectivity index is 1.63. The summed E-state index contributed by atoms with van der Waals surface area (Å²) in [5.74, 6) is 1.38. The van der Waals surface area contributed by atoms with Gasteiger partial charge in [0.1, 0.15) is 5.75 Å². The van der Waals surface area contributed by atoms with E-state index in [1.807, 2.05) is 72.2 Å². The van der Waals surface area contributed by atoms with Crippen LogP contribution in [0.4, 0.5) is 5.69 Å². The van der Waals surface area contributed by atoms with Crippen molar-refractivity contribution in [2.75, 3.05) is 18.2 Å². The van der Waals surface area contributed by atoms with Crippen LogP contribution in [0.1, 0.15) is 5.56 Å². The zero-order valence-electron chi connectivity index (χ0n) is 17.6. The third-order valence-corrected chi connectivity index (χ3v) is 5.99. The highest BCUT2D eigenvalue weighted by Gasteiger charge is 2.18. The van der Waals surface area contributed by atoms with Crippen LogP contribution in [0, 0.1) is 6.92 Å². The highest BCUT2D eigenvalue weighted by atomic mass is 35.5. The van der Waals surface area contributed by atoms with Gasteiger partial charge in [-0.05, 0) is 31.2 Å². The molecule has 1 amide bonds. The standard InChI is InChI=1S/C24H21ClN4O2S/c1-16-10-12-17(13-11-16)23-27-28-24(29(23)18-6-5-7-19(14-18)31-2)32-15-22(30)26-21-9-4-3-8-20(21)25/h3-14H,15H2,1-2H3,(H,26,30). The molecule has 0 saturated heterocycles. The molecule has 0 spiro atoms. The molecule has 8 heteroatoms. The van der Waals surface area contributed by atoms with Crippen LogP contribution >= 0.6 is 23.4 Å². The minimum atomic E-state index is -0.180. The van der Waals surface area contributed by atoms with E-state index in [-0.39, 0.29) is 11.7 Å². The Hall–Kier alpha value is -3.29. The van der Waals surface area contributed by atoms with Crippen LogP contribution in [0.5, 0.6) is 5.75 Å². The fourth-order valence-electron chi connectivity index (χ4n) is 3.11. The van der Waals surface area contributed by atoms with Crippen molar-refractivity contribution in [2.24, 2.45) is 0 Å². The predicted octanol–water partition coefficient (Wildman–Crippen LogP) is 5.64. The molecule has 4 aromatic rings. The first-order valence-corrected chi connectivity index (χ1v) is 11.3. The summed E-state index contributed by atoms with van der Waals surface area (Å²) < 4.78 is 7.32. The van der Waals surface area contributed by atoms with E-state index < -0.39 is 0 Å². The van der Waals surface area contributed by atoms with Gasteiger partial charge in [0.25, 0.3) is 0 Å². The van der Waals surface area contributed by atoms with Gasteiger partial charge in [-0.25, -0.2) is 0 Å². The smallest absolute Gasteiger partial charge is 0.234 e. The maximum Gasteiger partial charge on any atom is 0.234 e. The molecule has 0 aliphatic carbocycles. The van der Waals surface area contributed by atoms with Gasteiger partial charge in [0, 0.05) is 11.6 Å². The Morgan fingerprint density at radius 2 is 1.84 bits per heavy atom. The molecule has 0 bridgehead atoms. The minimum absolute atomic E-state index is 0.154. The van der Waals surface area contributed by atoms with Crippen molar-refractivity contribution in [3.05, 3.63) is 83.4 Å². The fourth-order valence-corrected chi connectivity index (χ4v) is 4.05. The molecule has 32 heavy (non-hydrogen) atoms. The summed E-state index contributed by atoms with van der Waals surface area (Å²) in [4.78, 5) is 12.5. The minimum Gasteiger partial charge on any atom is -0.497 e. The van der Waals surface area contributed by atoms with Crippen molar-refractivity contribution in [3.63, 3.8) is 0 Å². The average molecular weight is 465 g/mol. The Labute approximate surface area is 195 Å². The van der Waals surface area contributed by atoms with E-state index in [0.29, 0.717) is 21.7 Å². The first-order chi connectivity index (χ1) is 15.5. The Kier molecular flexibility index (Phi) is 6.78. The molecule has 4 rings (SSSR count). The number of nitrogens with zero attached hydrogens (tertiary/aromatic N) is 3. The normalized spacial score (nSPS) is 10.7. The van der Waals surface area contributed by atoms with Gasteiger partial charge in [-0.2, -0.15) is 0 Å². The van der Waals surface area contributed by atoms with E-state index >= 15 is 0 Å².